The van der Waals surface area contributed by atoms with Crippen molar-refractivity contribution in [3.05, 3.63) is 35.2 Å². The summed E-state index contributed by atoms with van der Waals surface area (Å²) in [5.41, 5.74) is -0.523. The summed E-state index contributed by atoms with van der Waals surface area (Å²) in [6, 6.07) is 3.00. The maximum Gasteiger partial charge on any atom is 0.387 e. The second-order valence-electron chi connectivity index (χ2n) is 3.03. The van der Waals surface area contributed by atoms with Gasteiger partial charge < -0.3 is 9.84 Å². The van der Waals surface area contributed by atoms with E-state index in [0.717, 1.165) is 12.1 Å². The van der Waals surface area contributed by atoms with E-state index in [9.17, 15) is 18.0 Å². The normalized spacial score (nSPS) is 10.6. The Morgan fingerprint density at radius 2 is 2.17 bits per heavy atom. The SMILES string of the molecule is N#Cc1cc(F)cc(OC(F)F)c1/C=C/C(=O)O. The number of hydrogen-bond acceptors (Lipinski definition) is 3. The maximum atomic E-state index is 13.0. The summed E-state index contributed by atoms with van der Waals surface area (Å²) < 4.78 is 41.3. The Morgan fingerprint density at radius 1 is 1.50 bits per heavy atom. The number of nitriles is 1. The van der Waals surface area contributed by atoms with Crippen LogP contribution in [0.3, 0.4) is 0 Å². The highest BCUT2D eigenvalue weighted by Gasteiger charge is 2.14. The average Bonchev–Trinajstić information content (AvgIpc) is 2.25. The van der Waals surface area contributed by atoms with Crippen LogP contribution >= 0.6 is 0 Å². The molecular formula is C11H6F3NO3. The number of nitrogens with zero attached hydrogens (tertiary/aromatic N) is 1. The summed E-state index contributed by atoms with van der Waals surface area (Å²) >= 11 is 0. The Labute approximate surface area is 99.5 Å². The first kappa shape index (κ1) is 13.6. The van der Waals surface area contributed by atoms with Gasteiger partial charge in [-0.15, -0.1) is 0 Å². The van der Waals surface area contributed by atoms with Crippen molar-refractivity contribution >= 4 is 12.0 Å². The van der Waals surface area contributed by atoms with Crippen LogP contribution in [-0.2, 0) is 4.79 Å². The van der Waals surface area contributed by atoms with Gasteiger partial charge in [-0.3, -0.25) is 0 Å². The van der Waals surface area contributed by atoms with Crippen molar-refractivity contribution in [2.24, 2.45) is 0 Å². The second-order valence-corrected chi connectivity index (χ2v) is 3.03. The number of aliphatic carboxylic acids is 1. The van der Waals surface area contributed by atoms with Crippen molar-refractivity contribution in [1.82, 2.24) is 0 Å². The number of rotatable bonds is 4. The number of halogens is 3. The molecule has 7 heteroatoms. The van der Waals surface area contributed by atoms with E-state index < -0.39 is 24.1 Å². The Bertz CT molecular complexity index is 535. The van der Waals surface area contributed by atoms with Crippen LogP contribution in [0.5, 0.6) is 5.75 Å². The van der Waals surface area contributed by atoms with E-state index in [0.29, 0.717) is 12.1 Å². The predicted octanol–water partition coefficient (Wildman–Crippen LogP) is 2.40. The van der Waals surface area contributed by atoms with Gasteiger partial charge in [0.2, 0.25) is 0 Å². The van der Waals surface area contributed by atoms with Gasteiger partial charge in [0, 0.05) is 17.7 Å². The Morgan fingerprint density at radius 3 is 2.67 bits per heavy atom. The molecule has 0 aliphatic heterocycles. The number of carboxylic acids is 1. The molecule has 4 nitrogen and oxygen atoms in total. The summed E-state index contributed by atoms with van der Waals surface area (Å²) in [5.74, 6) is -2.88. The van der Waals surface area contributed by atoms with E-state index in [1.165, 1.54) is 0 Å². The largest absolute Gasteiger partial charge is 0.478 e. The molecule has 1 rings (SSSR count). The fraction of sp³-hybridized carbons (Fsp3) is 0.0909. The first-order valence-electron chi connectivity index (χ1n) is 4.53. The van der Waals surface area contributed by atoms with Crippen molar-refractivity contribution in [2.75, 3.05) is 0 Å². The standard InChI is InChI=1S/C11H6F3NO3/c12-7-3-6(5-15)8(1-2-10(16)17)9(4-7)18-11(13)14/h1-4,11H,(H,16,17)/b2-1+. The first-order valence-corrected chi connectivity index (χ1v) is 4.53. The lowest BCUT2D eigenvalue weighted by atomic mass is 10.1. The van der Waals surface area contributed by atoms with Gasteiger partial charge in [0.25, 0.3) is 0 Å². The molecule has 0 radical (unpaired) electrons. The monoisotopic (exact) mass is 257 g/mol. The molecule has 0 saturated heterocycles. The number of ether oxygens (including phenoxy) is 1. The van der Waals surface area contributed by atoms with Crippen molar-refractivity contribution in [3.8, 4) is 11.8 Å². The summed E-state index contributed by atoms with van der Waals surface area (Å²) in [5, 5.41) is 17.2. The molecule has 0 spiro atoms. The topological polar surface area (TPSA) is 70.3 Å². The minimum atomic E-state index is -3.21. The highest BCUT2D eigenvalue weighted by molar-refractivity contribution is 5.86. The third kappa shape index (κ3) is 3.52. The van der Waals surface area contributed by atoms with Crippen LogP contribution in [0.15, 0.2) is 18.2 Å². The third-order valence-electron chi connectivity index (χ3n) is 1.84. The fourth-order valence-electron chi connectivity index (χ4n) is 1.21. The van der Waals surface area contributed by atoms with Crippen LogP contribution in [-0.4, -0.2) is 17.7 Å². The summed E-state index contributed by atoms with van der Waals surface area (Å²) in [6.07, 6.45) is 1.52. The molecular weight excluding hydrogens is 251 g/mol. The van der Waals surface area contributed by atoms with Crippen molar-refractivity contribution < 1.29 is 27.8 Å². The lowest BCUT2D eigenvalue weighted by molar-refractivity contribution is -0.131. The summed E-state index contributed by atoms with van der Waals surface area (Å²) in [4.78, 5) is 10.3. The molecule has 1 aromatic carbocycles. The predicted molar refractivity (Wildman–Crippen MR) is 54.4 cm³/mol. The molecule has 94 valence electrons. The van der Waals surface area contributed by atoms with E-state index in [1.54, 1.807) is 6.07 Å². The molecule has 0 saturated carbocycles. The molecule has 0 aliphatic carbocycles. The van der Waals surface area contributed by atoms with Gasteiger partial charge in [0.05, 0.1) is 11.6 Å². The van der Waals surface area contributed by atoms with E-state index in [2.05, 4.69) is 4.74 Å². The third-order valence-corrected chi connectivity index (χ3v) is 1.84. The lowest BCUT2D eigenvalue weighted by Gasteiger charge is -2.09. The zero-order chi connectivity index (χ0) is 13.7. The van der Waals surface area contributed by atoms with Gasteiger partial charge in [-0.05, 0) is 12.1 Å². The molecule has 0 heterocycles. The van der Waals surface area contributed by atoms with Gasteiger partial charge in [-0.1, -0.05) is 0 Å². The van der Waals surface area contributed by atoms with Crippen LogP contribution < -0.4 is 4.74 Å². The molecule has 1 N–H and O–H groups in total. The number of carbonyl (C=O) groups is 1. The van der Waals surface area contributed by atoms with Crippen molar-refractivity contribution in [2.45, 2.75) is 6.61 Å². The minimum Gasteiger partial charge on any atom is -0.478 e. The van der Waals surface area contributed by atoms with Crippen LogP contribution in [0, 0.1) is 17.1 Å². The van der Waals surface area contributed by atoms with E-state index in [-0.39, 0.29) is 11.1 Å². The highest BCUT2D eigenvalue weighted by atomic mass is 19.3. The van der Waals surface area contributed by atoms with Gasteiger partial charge in [0.1, 0.15) is 11.6 Å². The summed E-state index contributed by atoms with van der Waals surface area (Å²) in [6.45, 7) is -3.21. The van der Waals surface area contributed by atoms with Gasteiger partial charge in [0.15, 0.2) is 0 Å². The number of benzene rings is 1. The highest BCUT2D eigenvalue weighted by Crippen LogP contribution is 2.27. The molecule has 0 aliphatic rings. The van der Waals surface area contributed by atoms with Crippen LogP contribution in [0.2, 0.25) is 0 Å². The zero-order valence-corrected chi connectivity index (χ0v) is 8.73. The minimum absolute atomic E-state index is 0.221. The molecule has 0 amide bonds. The van der Waals surface area contributed by atoms with E-state index >= 15 is 0 Å². The van der Waals surface area contributed by atoms with Crippen molar-refractivity contribution in [1.29, 1.82) is 5.26 Å². The number of hydrogen-bond donors (Lipinski definition) is 1. The first-order chi connectivity index (χ1) is 8.43. The smallest absolute Gasteiger partial charge is 0.387 e. The number of alkyl halides is 2. The molecule has 0 aromatic heterocycles. The van der Waals surface area contributed by atoms with Gasteiger partial charge in [-0.25, -0.2) is 9.18 Å². The molecule has 1 aromatic rings. The Balaban J connectivity index is 3.33. The molecule has 18 heavy (non-hydrogen) atoms. The van der Waals surface area contributed by atoms with Gasteiger partial charge in [-0.2, -0.15) is 14.0 Å². The Hall–Kier alpha value is -2.49. The molecule has 0 unspecified atom stereocenters. The molecule has 0 bridgehead atoms. The van der Waals surface area contributed by atoms with Crippen LogP contribution in [0.4, 0.5) is 13.2 Å². The summed E-state index contributed by atoms with van der Waals surface area (Å²) in [7, 11) is 0. The lowest BCUT2D eigenvalue weighted by Crippen LogP contribution is -2.05. The quantitative estimate of drug-likeness (QED) is 0.841. The van der Waals surface area contributed by atoms with E-state index in [1.807, 2.05) is 0 Å². The Kier molecular flexibility index (Phi) is 4.32. The zero-order valence-electron chi connectivity index (χ0n) is 8.73. The maximum absolute atomic E-state index is 13.0. The molecule has 0 fully saturated rings. The van der Waals surface area contributed by atoms with Crippen molar-refractivity contribution in [3.63, 3.8) is 0 Å². The fourth-order valence-corrected chi connectivity index (χ4v) is 1.21. The van der Waals surface area contributed by atoms with Gasteiger partial charge >= 0.3 is 12.6 Å². The molecule has 0 atom stereocenters. The average molecular weight is 257 g/mol. The number of carboxylic acid groups (broad SMARTS) is 1. The van der Waals surface area contributed by atoms with Crippen LogP contribution in [0.1, 0.15) is 11.1 Å². The van der Waals surface area contributed by atoms with Crippen LogP contribution in [0.25, 0.3) is 6.08 Å². The van der Waals surface area contributed by atoms with E-state index in [4.69, 9.17) is 10.4 Å². The second kappa shape index (κ2) is 5.72.